The van der Waals surface area contributed by atoms with E-state index in [1.165, 1.54) is 6.42 Å². The predicted octanol–water partition coefficient (Wildman–Crippen LogP) is 2.21. The van der Waals surface area contributed by atoms with E-state index in [0.717, 1.165) is 43.0 Å². The molecule has 2 atom stereocenters. The third-order valence-corrected chi connectivity index (χ3v) is 4.31. The maximum absolute atomic E-state index is 12.3. The number of nitrogens with zero attached hydrogens (tertiary/aromatic N) is 1. The van der Waals surface area contributed by atoms with Crippen molar-refractivity contribution in [3.05, 3.63) is 29.8 Å². The third-order valence-electron chi connectivity index (χ3n) is 4.31. The van der Waals surface area contributed by atoms with Crippen molar-refractivity contribution in [3.63, 3.8) is 0 Å². The topological polar surface area (TPSA) is 51.3 Å². The Morgan fingerprint density at radius 1 is 1.14 bits per heavy atom. The largest absolute Gasteiger partial charge is 0.454 e. The van der Waals surface area contributed by atoms with Gasteiger partial charge in [-0.15, -0.1) is 0 Å². The SMILES string of the molecule is O=C([C@H]1O[C@@H]1/C=C/c1ccc2c(c1)OCO2)N1CCCCC1. The van der Waals surface area contributed by atoms with Crippen LogP contribution in [0, 0.1) is 0 Å². The van der Waals surface area contributed by atoms with Crippen LogP contribution in [0.5, 0.6) is 11.5 Å². The van der Waals surface area contributed by atoms with Crippen molar-refractivity contribution in [2.24, 2.45) is 0 Å². The van der Waals surface area contributed by atoms with E-state index in [9.17, 15) is 4.79 Å². The van der Waals surface area contributed by atoms with Gasteiger partial charge in [-0.3, -0.25) is 4.79 Å². The molecule has 4 rings (SSSR count). The molecule has 3 heterocycles. The Hall–Kier alpha value is -2.01. The van der Waals surface area contributed by atoms with E-state index in [1.807, 2.05) is 35.3 Å². The minimum Gasteiger partial charge on any atom is -0.454 e. The Balaban J connectivity index is 1.35. The van der Waals surface area contributed by atoms with E-state index in [1.54, 1.807) is 0 Å². The molecule has 1 aromatic rings. The van der Waals surface area contributed by atoms with E-state index in [0.29, 0.717) is 0 Å². The molecule has 1 aromatic carbocycles. The van der Waals surface area contributed by atoms with Crippen molar-refractivity contribution in [2.75, 3.05) is 19.9 Å². The lowest BCUT2D eigenvalue weighted by atomic mass is 10.1. The number of likely N-dealkylation sites (tertiary alicyclic amines) is 1. The van der Waals surface area contributed by atoms with Gasteiger partial charge in [0.25, 0.3) is 5.91 Å². The molecule has 0 radical (unpaired) electrons. The quantitative estimate of drug-likeness (QED) is 0.803. The standard InChI is InChI=1S/C17H19NO4/c19-17(18-8-2-1-3-9-18)16-14(22-16)7-5-12-4-6-13-15(10-12)21-11-20-13/h4-7,10,14,16H,1-3,8-9,11H2/b7-5+/t14-,16+/m1/s1. The summed E-state index contributed by atoms with van der Waals surface area (Å²) in [6.07, 6.45) is 6.97. The van der Waals surface area contributed by atoms with E-state index in [2.05, 4.69) is 0 Å². The van der Waals surface area contributed by atoms with E-state index < -0.39 is 0 Å². The first-order chi connectivity index (χ1) is 10.8. The Morgan fingerprint density at radius 3 is 2.82 bits per heavy atom. The zero-order chi connectivity index (χ0) is 14.9. The molecule has 5 heteroatoms. The van der Waals surface area contributed by atoms with Crippen LogP contribution >= 0.6 is 0 Å². The van der Waals surface area contributed by atoms with Crippen molar-refractivity contribution in [2.45, 2.75) is 31.5 Å². The van der Waals surface area contributed by atoms with Gasteiger partial charge in [-0.05, 0) is 37.0 Å². The average Bonchev–Trinajstić information content (AvgIpc) is 3.20. The summed E-state index contributed by atoms with van der Waals surface area (Å²) >= 11 is 0. The maximum atomic E-state index is 12.3. The number of amides is 1. The van der Waals surface area contributed by atoms with Gasteiger partial charge >= 0.3 is 0 Å². The molecule has 0 aromatic heterocycles. The fraction of sp³-hybridized carbons (Fsp3) is 0.471. The molecule has 0 N–H and O–H groups in total. The first-order valence-electron chi connectivity index (χ1n) is 7.83. The molecule has 0 spiro atoms. The Morgan fingerprint density at radius 2 is 1.95 bits per heavy atom. The Labute approximate surface area is 129 Å². The lowest BCUT2D eigenvalue weighted by molar-refractivity contribution is -0.133. The molecule has 1 amide bonds. The van der Waals surface area contributed by atoms with Gasteiger partial charge in [-0.2, -0.15) is 0 Å². The molecular weight excluding hydrogens is 282 g/mol. The number of carbonyl (C=O) groups is 1. The maximum Gasteiger partial charge on any atom is 0.254 e. The third kappa shape index (κ3) is 2.68. The smallest absolute Gasteiger partial charge is 0.254 e. The van der Waals surface area contributed by atoms with Crippen LogP contribution < -0.4 is 9.47 Å². The highest BCUT2D eigenvalue weighted by Gasteiger charge is 2.45. The van der Waals surface area contributed by atoms with Crippen LogP contribution in [0.15, 0.2) is 24.3 Å². The Kier molecular flexibility index (Phi) is 3.50. The van der Waals surface area contributed by atoms with Gasteiger partial charge in [0.1, 0.15) is 6.10 Å². The molecule has 0 aliphatic carbocycles. The average molecular weight is 301 g/mol. The van der Waals surface area contributed by atoms with Crippen LogP contribution in [0.4, 0.5) is 0 Å². The second-order valence-electron chi connectivity index (χ2n) is 5.88. The van der Waals surface area contributed by atoms with Crippen molar-refractivity contribution in [1.29, 1.82) is 0 Å². The summed E-state index contributed by atoms with van der Waals surface area (Å²) in [6.45, 7) is 2.02. The molecule has 0 unspecified atom stereocenters. The highest BCUT2D eigenvalue weighted by molar-refractivity contribution is 5.84. The summed E-state index contributed by atoms with van der Waals surface area (Å²) < 4.78 is 16.2. The van der Waals surface area contributed by atoms with Gasteiger partial charge in [0, 0.05) is 13.1 Å². The van der Waals surface area contributed by atoms with Crippen molar-refractivity contribution in [1.82, 2.24) is 4.90 Å². The molecule has 3 aliphatic heterocycles. The van der Waals surface area contributed by atoms with Crippen LogP contribution in [0.2, 0.25) is 0 Å². The first-order valence-corrected chi connectivity index (χ1v) is 7.83. The second kappa shape index (κ2) is 5.65. The lowest BCUT2D eigenvalue weighted by Crippen LogP contribution is -2.38. The number of hydrogen-bond acceptors (Lipinski definition) is 4. The summed E-state index contributed by atoms with van der Waals surface area (Å²) in [6, 6.07) is 5.79. The normalized spacial score (nSPS) is 26.5. The van der Waals surface area contributed by atoms with Crippen LogP contribution in [0.3, 0.4) is 0 Å². The molecule has 3 aliphatic rings. The summed E-state index contributed by atoms with van der Waals surface area (Å²) in [4.78, 5) is 14.2. The molecule has 22 heavy (non-hydrogen) atoms. The van der Waals surface area contributed by atoms with Gasteiger partial charge in [-0.1, -0.05) is 18.2 Å². The number of piperidine rings is 1. The van der Waals surface area contributed by atoms with Crippen LogP contribution in [-0.2, 0) is 9.53 Å². The molecular formula is C17H19NO4. The van der Waals surface area contributed by atoms with E-state index >= 15 is 0 Å². The molecule has 116 valence electrons. The summed E-state index contributed by atoms with van der Waals surface area (Å²) in [7, 11) is 0. The van der Waals surface area contributed by atoms with Gasteiger partial charge in [-0.25, -0.2) is 0 Å². The number of fused-ring (bicyclic) bond motifs is 1. The van der Waals surface area contributed by atoms with Crippen molar-refractivity contribution < 1.29 is 19.0 Å². The molecule has 0 bridgehead atoms. The highest BCUT2D eigenvalue weighted by atomic mass is 16.7. The summed E-state index contributed by atoms with van der Waals surface area (Å²) in [5.74, 6) is 1.68. The number of epoxide rings is 1. The van der Waals surface area contributed by atoms with Crippen molar-refractivity contribution in [3.8, 4) is 11.5 Å². The first kappa shape index (κ1) is 13.6. The molecule has 2 fully saturated rings. The number of ether oxygens (including phenoxy) is 3. The minimum atomic E-state index is -0.289. The second-order valence-corrected chi connectivity index (χ2v) is 5.88. The van der Waals surface area contributed by atoms with Crippen LogP contribution in [-0.4, -0.2) is 42.9 Å². The molecule has 2 saturated heterocycles. The van der Waals surface area contributed by atoms with Gasteiger partial charge < -0.3 is 19.1 Å². The fourth-order valence-electron chi connectivity index (χ4n) is 2.99. The Bertz CT molecular complexity index is 607. The summed E-state index contributed by atoms with van der Waals surface area (Å²) in [5, 5.41) is 0. The van der Waals surface area contributed by atoms with Crippen molar-refractivity contribution >= 4 is 12.0 Å². The molecule has 0 saturated carbocycles. The lowest BCUT2D eigenvalue weighted by Gasteiger charge is -2.25. The highest BCUT2D eigenvalue weighted by Crippen LogP contribution is 2.33. The van der Waals surface area contributed by atoms with Crippen LogP contribution in [0.25, 0.3) is 6.08 Å². The summed E-state index contributed by atoms with van der Waals surface area (Å²) in [5.41, 5.74) is 1.02. The zero-order valence-electron chi connectivity index (χ0n) is 12.4. The van der Waals surface area contributed by atoms with E-state index in [-0.39, 0.29) is 24.9 Å². The molecule has 5 nitrogen and oxygen atoms in total. The fourth-order valence-corrected chi connectivity index (χ4v) is 2.99. The number of carbonyl (C=O) groups excluding carboxylic acids is 1. The van der Waals surface area contributed by atoms with Gasteiger partial charge in [0.05, 0.1) is 0 Å². The predicted molar refractivity (Wildman–Crippen MR) is 80.7 cm³/mol. The minimum absolute atomic E-state index is 0.0974. The monoisotopic (exact) mass is 301 g/mol. The van der Waals surface area contributed by atoms with Gasteiger partial charge in [0.2, 0.25) is 6.79 Å². The number of rotatable bonds is 3. The number of benzene rings is 1. The van der Waals surface area contributed by atoms with Gasteiger partial charge in [0.15, 0.2) is 17.6 Å². The zero-order valence-corrected chi connectivity index (χ0v) is 12.4. The van der Waals surface area contributed by atoms with Crippen LogP contribution in [0.1, 0.15) is 24.8 Å². The number of hydrogen-bond donors (Lipinski definition) is 0. The van der Waals surface area contributed by atoms with E-state index in [4.69, 9.17) is 14.2 Å².